The molecule has 1 atom stereocenters. The summed E-state index contributed by atoms with van der Waals surface area (Å²) in [5.41, 5.74) is 7.64. The fourth-order valence-electron chi connectivity index (χ4n) is 2.17. The van der Waals surface area contributed by atoms with Crippen LogP contribution in [0.3, 0.4) is 0 Å². The Bertz CT molecular complexity index is 438. The van der Waals surface area contributed by atoms with Gasteiger partial charge in [-0.3, -0.25) is 4.79 Å². The van der Waals surface area contributed by atoms with E-state index in [9.17, 15) is 4.79 Å². The molecule has 4 heteroatoms. The molecule has 0 bridgehead atoms. The summed E-state index contributed by atoms with van der Waals surface area (Å²) in [4.78, 5) is 12.3. The summed E-state index contributed by atoms with van der Waals surface area (Å²) in [6, 6.07) is 7.67. The number of hydrogen-bond acceptors (Lipinski definition) is 3. The molecule has 0 aliphatic heterocycles. The predicted molar refractivity (Wildman–Crippen MR) is 82.4 cm³/mol. The largest absolute Gasteiger partial charge is 0.380 e. The Morgan fingerprint density at radius 2 is 2.10 bits per heavy atom. The van der Waals surface area contributed by atoms with Crippen LogP contribution in [0.4, 0.5) is 5.69 Å². The third kappa shape index (κ3) is 5.72. The molecule has 1 amide bonds. The highest BCUT2D eigenvalue weighted by molar-refractivity contribution is 5.92. The molecule has 1 aromatic carbocycles. The fourth-order valence-corrected chi connectivity index (χ4v) is 2.17. The molecule has 0 heterocycles. The van der Waals surface area contributed by atoms with Crippen molar-refractivity contribution in [2.45, 2.75) is 33.8 Å². The van der Waals surface area contributed by atoms with Gasteiger partial charge >= 0.3 is 0 Å². The third-order valence-electron chi connectivity index (χ3n) is 3.02. The molecule has 0 aromatic heterocycles. The van der Waals surface area contributed by atoms with Gasteiger partial charge in [0.25, 0.3) is 0 Å². The second-order valence-electron chi connectivity index (χ2n) is 6.32. The van der Waals surface area contributed by atoms with Crippen LogP contribution in [0.5, 0.6) is 0 Å². The van der Waals surface area contributed by atoms with E-state index in [0.29, 0.717) is 13.2 Å². The zero-order chi connectivity index (χ0) is 15.2. The van der Waals surface area contributed by atoms with Crippen molar-refractivity contribution in [1.82, 2.24) is 0 Å². The van der Waals surface area contributed by atoms with Crippen molar-refractivity contribution in [3.63, 3.8) is 0 Å². The number of carbonyl (C=O) groups is 1. The molecule has 0 saturated carbocycles. The van der Waals surface area contributed by atoms with Crippen LogP contribution in [0.2, 0.25) is 0 Å². The first-order valence-electron chi connectivity index (χ1n) is 6.94. The summed E-state index contributed by atoms with van der Waals surface area (Å²) in [7, 11) is 1.65. The Balaban J connectivity index is 2.70. The molecular weight excluding hydrogens is 252 g/mol. The normalized spacial score (nSPS) is 13.1. The topological polar surface area (TPSA) is 64.3 Å². The van der Waals surface area contributed by atoms with Gasteiger partial charge in [-0.1, -0.05) is 32.9 Å². The number of methoxy groups -OCH3 is 1. The summed E-state index contributed by atoms with van der Waals surface area (Å²) in [5, 5.41) is 2.94. The number of ether oxygens (including phenoxy) is 1. The maximum Gasteiger partial charge on any atom is 0.228 e. The predicted octanol–water partition coefficient (Wildman–Crippen LogP) is 2.78. The standard InChI is InChI=1S/C16H26N2O2/c1-16(2,3)9-13(10-17)15(19)18-14-7-5-6-12(8-14)11-20-4/h5-8,13H,9-11,17H2,1-4H3,(H,18,19). The maximum absolute atomic E-state index is 12.3. The average Bonchev–Trinajstić information content (AvgIpc) is 2.35. The van der Waals surface area contributed by atoms with Gasteiger partial charge in [-0.05, 0) is 29.5 Å². The molecule has 20 heavy (non-hydrogen) atoms. The highest BCUT2D eigenvalue weighted by Gasteiger charge is 2.23. The van der Waals surface area contributed by atoms with Crippen molar-refractivity contribution in [2.75, 3.05) is 19.0 Å². The lowest BCUT2D eigenvalue weighted by molar-refractivity contribution is -0.120. The van der Waals surface area contributed by atoms with Crippen LogP contribution in [0.25, 0.3) is 0 Å². The Hall–Kier alpha value is -1.39. The zero-order valence-electron chi connectivity index (χ0n) is 12.9. The van der Waals surface area contributed by atoms with Crippen molar-refractivity contribution in [3.05, 3.63) is 29.8 Å². The van der Waals surface area contributed by atoms with Gasteiger partial charge in [0.1, 0.15) is 0 Å². The van der Waals surface area contributed by atoms with E-state index in [-0.39, 0.29) is 17.2 Å². The Morgan fingerprint density at radius 1 is 1.40 bits per heavy atom. The van der Waals surface area contributed by atoms with E-state index < -0.39 is 0 Å². The number of hydrogen-bond donors (Lipinski definition) is 2. The highest BCUT2D eigenvalue weighted by atomic mass is 16.5. The molecule has 1 rings (SSSR count). The van der Waals surface area contributed by atoms with Gasteiger partial charge in [0.05, 0.1) is 12.5 Å². The van der Waals surface area contributed by atoms with Gasteiger partial charge in [-0.25, -0.2) is 0 Å². The molecule has 0 radical (unpaired) electrons. The summed E-state index contributed by atoms with van der Waals surface area (Å²) in [6.45, 7) is 7.24. The van der Waals surface area contributed by atoms with E-state index in [0.717, 1.165) is 17.7 Å². The van der Waals surface area contributed by atoms with Gasteiger partial charge < -0.3 is 15.8 Å². The van der Waals surface area contributed by atoms with Crippen LogP contribution < -0.4 is 11.1 Å². The van der Waals surface area contributed by atoms with Crippen LogP contribution in [0.1, 0.15) is 32.8 Å². The molecule has 0 fully saturated rings. The molecule has 0 aliphatic rings. The second kappa shape index (κ2) is 7.41. The Morgan fingerprint density at radius 3 is 2.65 bits per heavy atom. The van der Waals surface area contributed by atoms with Crippen LogP contribution in [-0.4, -0.2) is 19.6 Å². The number of nitrogens with one attached hydrogen (secondary N) is 1. The summed E-state index contributed by atoms with van der Waals surface area (Å²) < 4.78 is 5.09. The van der Waals surface area contributed by atoms with Crippen molar-refractivity contribution in [2.24, 2.45) is 17.1 Å². The van der Waals surface area contributed by atoms with Gasteiger partial charge in [-0.15, -0.1) is 0 Å². The number of amides is 1. The number of anilines is 1. The minimum Gasteiger partial charge on any atom is -0.380 e. The number of carbonyl (C=O) groups excluding carboxylic acids is 1. The molecular formula is C16H26N2O2. The van der Waals surface area contributed by atoms with Gasteiger partial charge in [0.2, 0.25) is 5.91 Å². The van der Waals surface area contributed by atoms with Gasteiger partial charge in [0, 0.05) is 19.3 Å². The lowest BCUT2D eigenvalue weighted by atomic mass is 9.84. The van der Waals surface area contributed by atoms with E-state index in [4.69, 9.17) is 10.5 Å². The van der Waals surface area contributed by atoms with Crippen LogP contribution in [0.15, 0.2) is 24.3 Å². The fraction of sp³-hybridized carbons (Fsp3) is 0.562. The number of rotatable bonds is 6. The number of nitrogens with two attached hydrogens (primary N) is 1. The lowest BCUT2D eigenvalue weighted by Crippen LogP contribution is -2.32. The molecule has 1 aromatic rings. The SMILES string of the molecule is COCc1cccc(NC(=O)C(CN)CC(C)(C)C)c1. The minimum atomic E-state index is -0.166. The van der Waals surface area contributed by atoms with Crippen molar-refractivity contribution >= 4 is 11.6 Å². The van der Waals surface area contributed by atoms with Crippen LogP contribution in [-0.2, 0) is 16.1 Å². The minimum absolute atomic E-state index is 0.0167. The molecule has 0 aliphatic carbocycles. The Kier molecular flexibility index (Phi) is 6.17. The molecule has 0 spiro atoms. The van der Waals surface area contributed by atoms with Gasteiger partial charge in [-0.2, -0.15) is 0 Å². The zero-order valence-corrected chi connectivity index (χ0v) is 12.9. The van der Waals surface area contributed by atoms with E-state index in [1.807, 2.05) is 24.3 Å². The second-order valence-corrected chi connectivity index (χ2v) is 6.32. The highest BCUT2D eigenvalue weighted by Crippen LogP contribution is 2.25. The first-order chi connectivity index (χ1) is 9.35. The smallest absolute Gasteiger partial charge is 0.228 e. The third-order valence-corrected chi connectivity index (χ3v) is 3.02. The first kappa shape index (κ1) is 16.7. The molecule has 1 unspecified atom stereocenters. The molecule has 4 nitrogen and oxygen atoms in total. The van der Waals surface area contributed by atoms with E-state index in [2.05, 4.69) is 26.1 Å². The molecule has 0 saturated heterocycles. The summed E-state index contributed by atoms with van der Waals surface area (Å²) in [6.07, 6.45) is 0.771. The van der Waals surface area contributed by atoms with Crippen LogP contribution in [0, 0.1) is 11.3 Å². The van der Waals surface area contributed by atoms with E-state index >= 15 is 0 Å². The van der Waals surface area contributed by atoms with Crippen molar-refractivity contribution < 1.29 is 9.53 Å². The van der Waals surface area contributed by atoms with Crippen molar-refractivity contribution in [1.29, 1.82) is 0 Å². The van der Waals surface area contributed by atoms with E-state index in [1.165, 1.54) is 0 Å². The van der Waals surface area contributed by atoms with Crippen LogP contribution >= 0.6 is 0 Å². The first-order valence-corrected chi connectivity index (χ1v) is 6.94. The summed E-state index contributed by atoms with van der Waals surface area (Å²) in [5.74, 6) is -0.182. The van der Waals surface area contributed by atoms with E-state index in [1.54, 1.807) is 7.11 Å². The average molecular weight is 278 g/mol. The molecule has 3 N–H and O–H groups in total. The summed E-state index contributed by atoms with van der Waals surface area (Å²) >= 11 is 0. The quantitative estimate of drug-likeness (QED) is 0.841. The maximum atomic E-state index is 12.3. The number of benzene rings is 1. The monoisotopic (exact) mass is 278 g/mol. The Labute approximate surface area is 121 Å². The lowest BCUT2D eigenvalue weighted by Gasteiger charge is -2.24. The molecule has 112 valence electrons. The van der Waals surface area contributed by atoms with Crippen molar-refractivity contribution in [3.8, 4) is 0 Å². The van der Waals surface area contributed by atoms with Gasteiger partial charge in [0.15, 0.2) is 0 Å².